The summed E-state index contributed by atoms with van der Waals surface area (Å²) < 4.78 is 11.1. The number of benzene rings is 1. The molecule has 1 heterocycles. The van der Waals surface area contributed by atoms with Crippen LogP contribution in [-0.2, 0) is 4.79 Å². The third-order valence-electron chi connectivity index (χ3n) is 3.36. The summed E-state index contributed by atoms with van der Waals surface area (Å²) in [4.78, 5) is 14.8. The van der Waals surface area contributed by atoms with Crippen LogP contribution in [0.1, 0.15) is 12.0 Å². The van der Waals surface area contributed by atoms with Crippen LogP contribution in [-0.4, -0.2) is 47.9 Å². The third-order valence-corrected chi connectivity index (χ3v) is 5.71. The summed E-state index contributed by atoms with van der Waals surface area (Å²) in [5.74, 6) is 1.94. The Labute approximate surface area is 160 Å². The Hall–Kier alpha value is -0.890. The van der Waals surface area contributed by atoms with Crippen LogP contribution in [0.3, 0.4) is 0 Å². The molecule has 1 aromatic carbocycles. The summed E-state index contributed by atoms with van der Waals surface area (Å²) in [5, 5.41) is 0.429. The summed E-state index contributed by atoms with van der Waals surface area (Å²) in [6.07, 6.45) is 4.75. The molecule has 1 aromatic rings. The summed E-state index contributed by atoms with van der Waals surface area (Å²) in [6.45, 7) is 0.648. The highest BCUT2D eigenvalue weighted by atomic mass is 35.5. The molecule has 0 bridgehead atoms. The Morgan fingerprint density at radius 2 is 2.12 bits per heavy atom. The van der Waals surface area contributed by atoms with Crippen molar-refractivity contribution in [2.75, 3.05) is 32.8 Å². The maximum atomic E-state index is 12.5. The van der Waals surface area contributed by atoms with E-state index >= 15 is 0 Å². The van der Waals surface area contributed by atoms with Gasteiger partial charge in [-0.15, -0.1) is 0 Å². The Morgan fingerprint density at radius 3 is 2.75 bits per heavy atom. The van der Waals surface area contributed by atoms with Crippen LogP contribution in [0, 0.1) is 0 Å². The SMILES string of the molecule is COc1cc(/C=C2\SC(=S)N(CCCSC)C2=O)cc(Cl)c1OC. The van der Waals surface area contributed by atoms with Crippen molar-refractivity contribution in [1.82, 2.24) is 4.90 Å². The lowest BCUT2D eigenvalue weighted by atomic mass is 10.2. The van der Waals surface area contributed by atoms with Gasteiger partial charge in [-0.2, -0.15) is 11.8 Å². The van der Waals surface area contributed by atoms with E-state index < -0.39 is 0 Å². The zero-order valence-corrected chi connectivity index (χ0v) is 16.8. The number of carbonyl (C=O) groups is 1. The number of nitrogens with zero attached hydrogens (tertiary/aromatic N) is 1. The van der Waals surface area contributed by atoms with Crippen molar-refractivity contribution < 1.29 is 14.3 Å². The molecule has 1 aliphatic rings. The Bertz CT molecular complexity index is 679. The van der Waals surface area contributed by atoms with Gasteiger partial charge in [0.2, 0.25) is 0 Å². The number of halogens is 1. The molecule has 1 aliphatic heterocycles. The first-order chi connectivity index (χ1) is 11.5. The molecule has 1 saturated heterocycles. The molecule has 0 aliphatic carbocycles. The molecule has 130 valence electrons. The molecule has 1 amide bonds. The smallest absolute Gasteiger partial charge is 0.266 e. The first kappa shape index (κ1) is 19.4. The summed E-state index contributed by atoms with van der Waals surface area (Å²) >= 11 is 14.6. The van der Waals surface area contributed by atoms with E-state index in [0.717, 1.165) is 17.7 Å². The highest BCUT2D eigenvalue weighted by Crippen LogP contribution is 2.38. The van der Waals surface area contributed by atoms with Crippen LogP contribution in [0.4, 0.5) is 0 Å². The van der Waals surface area contributed by atoms with Gasteiger partial charge >= 0.3 is 0 Å². The van der Waals surface area contributed by atoms with Gasteiger partial charge in [0.1, 0.15) is 4.32 Å². The molecule has 24 heavy (non-hydrogen) atoms. The van der Waals surface area contributed by atoms with Crippen LogP contribution >= 0.6 is 47.3 Å². The Kier molecular flexibility index (Phi) is 7.28. The fourth-order valence-electron chi connectivity index (χ4n) is 2.23. The van der Waals surface area contributed by atoms with Gasteiger partial charge < -0.3 is 9.47 Å². The minimum absolute atomic E-state index is 0.0583. The van der Waals surface area contributed by atoms with Gasteiger partial charge in [-0.3, -0.25) is 9.69 Å². The fourth-order valence-corrected chi connectivity index (χ4v) is 4.25. The van der Waals surface area contributed by atoms with E-state index in [1.54, 1.807) is 42.0 Å². The minimum atomic E-state index is -0.0583. The first-order valence-corrected chi connectivity index (χ1v) is 10.2. The molecule has 0 unspecified atom stereocenters. The monoisotopic (exact) mass is 403 g/mol. The zero-order chi connectivity index (χ0) is 17.7. The number of thiocarbonyl (C=S) groups is 1. The van der Waals surface area contributed by atoms with E-state index in [1.165, 1.54) is 18.9 Å². The number of hydrogen-bond donors (Lipinski definition) is 0. The molecule has 2 rings (SSSR count). The van der Waals surface area contributed by atoms with E-state index in [4.69, 9.17) is 33.3 Å². The lowest BCUT2D eigenvalue weighted by Crippen LogP contribution is -2.29. The number of hydrogen-bond acceptors (Lipinski definition) is 6. The van der Waals surface area contributed by atoms with Crippen molar-refractivity contribution in [1.29, 1.82) is 0 Å². The van der Waals surface area contributed by atoms with Gasteiger partial charge in [0.15, 0.2) is 11.5 Å². The van der Waals surface area contributed by atoms with E-state index in [-0.39, 0.29) is 5.91 Å². The van der Waals surface area contributed by atoms with Gasteiger partial charge in [0, 0.05) is 6.54 Å². The molecule has 0 radical (unpaired) electrons. The molecule has 0 saturated carbocycles. The number of rotatable bonds is 7. The van der Waals surface area contributed by atoms with E-state index in [9.17, 15) is 4.79 Å². The molecular weight excluding hydrogens is 386 g/mol. The van der Waals surface area contributed by atoms with Crippen molar-refractivity contribution in [2.45, 2.75) is 6.42 Å². The topological polar surface area (TPSA) is 38.8 Å². The first-order valence-electron chi connectivity index (χ1n) is 7.17. The minimum Gasteiger partial charge on any atom is -0.493 e. The van der Waals surface area contributed by atoms with Gasteiger partial charge in [-0.1, -0.05) is 35.6 Å². The summed E-state index contributed by atoms with van der Waals surface area (Å²) in [7, 11) is 3.08. The second-order valence-corrected chi connectivity index (χ2v) is 7.99. The number of carbonyl (C=O) groups excluding carboxylic acids is 1. The van der Waals surface area contributed by atoms with Gasteiger partial charge in [-0.25, -0.2) is 0 Å². The molecule has 0 spiro atoms. The largest absolute Gasteiger partial charge is 0.493 e. The van der Waals surface area contributed by atoms with Crippen LogP contribution < -0.4 is 9.47 Å². The normalized spacial score (nSPS) is 16.2. The quantitative estimate of drug-likeness (QED) is 0.383. The third kappa shape index (κ3) is 4.39. The average Bonchev–Trinajstić information content (AvgIpc) is 2.81. The standard InChI is InChI=1S/C16H18ClNO3S3/c1-20-12-8-10(7-11(17)14(12)21-2)9-13-15(19)18(16(22)24-13)5-4-6-23-3/h7-9H,4-6H2,1-3H3/b13-9-. The molecule has 8 heteroatoms. The maximum absolute atomic E-state index is 12.5. The van der Waals surface area contributed by atoms with Gasteiger partial charge in [-0.05, 0) is 42.2 Å². The molecule has 4 nitrogen and oxygen atoms in total. The molecule has 0 N–H and O–H groups in total. The van der Waals surface area contributed by atoms with Crippen LogP contribution in [0.5, 0.6) is 11.5 Å². The maximum Gasteiger partial charge on any atom is 0.266 e. The number of ether oxygens (including phenoxy) is 2. The molecule has 0 aromatic heterocycles. The summed E-state index contributed by atoms with van der Waals surface area (Å²) in [5.41, 5.74) is 0.766. The van der Waals surface area contributed by atoms with E-state index in [0.29, 0.717) is 32.3 Å². The van der Waals surface area contributed by atoms with Crippen molar-refractivity contribution in [3.63, 3.8) is 0 Å². The van der Waals surface area contributed by atoms with Crippen LogP contribution in [0.15, 0.2) is 17.0 Å². The molecular formula is C16H18ClNO3S3. The second kappa shape index (κ2) is 8.99. The highest BCUT2D eigenvalue weighted by Gasteiger charge is 2.31. The van der Waals surface area contributed by atoms with Crippen molar-refractivity contribution >= 4 is 63.6 Å². The van der Waals surface area contributed by atoms with Crippen LogP contribution in [0.2, 0.25) is 5.02 Å². The zero-order valence-electron chi connectivity index (χ0n) is 13.6. The van der Waals surface area contributed by atoms with Gasteiger partial charge in [0.25, 0.3) is 5.91 Å². The average molecular weight is 404 g/mol. The Balaban J connectivity index is 2.24. The van der Waals surface area contributed by atoms with Crippen molar-refractivity contribution in [3.05, 3.63) is 27.6 Å². The number of thioether (sulfide) groups is 2. The van der Waals surface area contributed by atoms with E-state index in [1.807, 2.05) is 6.26 Å². The van der Waals surface area contributed by atoms with Crippen molar-refractivity contribution in [3.8, 4) is 11.5 Å². The predicted octanol–water partition coefficient (Wildman–Crippen LogP) is 4.31. The number of methoxy groups -OCH3 is 2. The number of amides is 1. The predicted molar refractivity (Wildman–Crippen MR) is 107 cm³/mol. The molecule has 0 atom stereocenters. The second-order valence-electron chi connectivity index (χ2n) is 4.92. The highest BCUT2D eigenvalue weighted by molar-refractivity contribution is 8.26. The van der Waals surface area contributed by atoms with Gasteiger partial charge in [0.05, 0.1) is 24.1 Å². The molecule has 1 fully saturated rings. The lowest BCUT2D eigenvalue weighted by molar-refractivity contribution is -0.122. The Morgan fingerprint density at radius 1 is 1.38 bits per heavy atom. The van der Waals surface area contributed by atoms with E-state index in [2.05, 4.69) is 0 Å². The van der Waals surface area contributed by atoms with Crippen LogP contribution in [0.25, 0.3) is 6.08 Å². The van der Waals surface area contributed by atoms with Crippen molar-refractivity contribution in [2.24, 2.45) is 0 Å². The fraction of sp³-hybridized carbons (Fsp3) is 0.375. The lowest BCUT2D eigenvalue weighted by Gasteiger charge is -2.13. The summed E-state index contributed by atoms with van der Waals surface area (Å²) in [6, 6.07) is 3.52.